The van der Waals surface area contributed by atoms with E-state index in [1.54, 1.807) is 34.6 Å². The lowest BCUT2D eigenvalue weighted by molar-refractivity contribution is -0.387. The maximum Gasteiger partial charge on any atom is 0.426 e. The Hall–Kier alpha value is -1.52. The summed E-state index contributed by atoms with van der Waals surface area (Å²) in [4.78, 5) is 22.2. The fraction of sp³-hybridized carbons (Fsp3) is 0.905. The molecule has 0 aromatic heterocycles. The number of rotatable bonds is 6. The standard InChI is InChI=1S/C15H22F6O3.C6H12O2/c1-4-12(2,3)11(22)24-10-7-5-9(6-8-10)13(23,14(16,17)18)15(19,20)21;1-4-6(2,3)5(7)8/h9-10,23H,4-8H2,1-3H3;4H2,1-3H3,(H,7,8). The van der Waals surface area contributed by atoms with Gasteiger partial charge >= 0.3 is 24.3 Å². The summed E-state index contributed by atoms with van der Waals surface area (Å²) in [6.45, 7) is 10.4. The second kappa shape index (κ2) is 10.6. The van der Waals surface area contributed by atoms with E-state index in [9.17, 15) is 41.0 Å². The molecule has 0 unspecified atom stereocenters. The van der Waals surface area contributed by atoms with Crippen molar-refractivity contribution in [2.45, 2.75) is 104 Å². The van der Waals surface area contributed by atoms with Crippen molar-refractivity contribution >= 4 is 11.9 Å². The van der Waals surface area contributed by atoms with Gasteiger partial charge in [-0.05, 0) is 66.2 Å². The fourth-order valence-electron chi connectivity index (χ4n) is 2.83. The van der Waals surface area contributed by atoms with Crippen LogP contribution in [-0.2, 0) is 14.3 Å². The molecule has 0 saturated heterocycles. The zero-order chi connectivity index (χ0) is 25.8. The highest BCUT2D eigenvalue weighted by Crippen LogP contribution is 2.51. The van der Waals surface area contributed by atoms with Crippen LogP contribution in [0.3, 0.4) is 0 Å². The number of alkyl halides is 6. The molecule has 0 aliphatic heterocycles. The lowest BCUT2D eigenvalue weighted by Crippen LogP contribution is -2.62. The molecule has 11 heteroatoms. The Balaban J connectivity index is 0.00000102. The number of hydrogen-bond donors (Lipinski definition) is 2. The van der Waals surface area contributed by atoms with Crippen LogP contribution < -0.4 is 0 Å². The molecule has 0 bridgehead atoms. The van der Waals surface area contributed by atoms with Gasteiger partial charge in [0.2, 0.25) is 0 Å². The molecule has 1 saturated carbocycles. The second-order valence-corrected chi connectivity index (χ2v) is 9.42. The normalized spacial score (nSPS) is 20.8. The van der Waals surface area contributed by atoms with E-state index in [4.69, 9.17) is 9.84 Å². The summed E-state index contributed by atoms with van der Waals surface area (Å²) in [5, 5.41) is 17.8. The van der Waals surface area contributed by atoms with E-state index >= 15 is 0 Å². The first-order chi connectivity index (χ1) is 14.2. The predicted octanol–water partition coefficient (Wildman–Crippen LogP) is 5.89. The Labute approximate surface area is 184 Å². The van der Waals surface area contributed by atoms with Crippen molar-refractivity contribution in [2.24, 2.45) is 16.7 Å². The van der Waals surface area contributed by atoms with Crippen molar-refractivity contribution in [3.8, 4) is 0 Å². The largest absolute Gasteiger partial charge is 0.481 e. The van der Waals surface area contributed by atoms with Gasteiger partial charge < -0.3 is 14.9 Å². The Bertz CT molecular complexity index is 618. The number of halogens is 6. The van der Waals surface area contributed by atoms with Gasteiger partial charge in [-0.15, -0.1) is 0 Å². The highest BCUT2D eigenvalue weighted by atomic mass is 19.4. The molecule has 32 heavy (non-hydrogen) atoms. The predicted molar refractivity (Wildman–Crippen MR) is 105 cm³/mol. The fourth-order valence-corrected chi connectivity index (χ4v) is 2.83. The van der Waals surface area contributed by atoms with Crippen LogP contribution >= 0.6 is 0 Å². The van der Waals surface area contributed by atoms with E-state index < -0.39 is 65.6 Å². The number of carbonyl (C=O) groups is 2. The van der Waals surface area contributed by atoms with Crippen molar-refractivity contribution in [1.82, 2.24) is 0 Å². The number of carbonyl (C=O) groups excluding carboxylic acids is 1. The zero-order valence-electron chi connectivity index (χ0n) is 19.3. The first kappa shape index (κ1) is 30.5. The van der Waals surface area contributed by atoms with Gasteiger partial charge in [-0.2, -0.15) is 26.3 Å². The third-order valence-electron chi connectivity index (χ3n) is 6.30. The first-order valence-electron chi connectivity index (χ1n) is 10.5. The van der Waals surface area contributed by atoms with Crippen LogP contribution in [0.1, 0.15) is 80.1 Å². The molecule has 190 valence electrons. The Kier molecular flexibility index (Phi) is 10.1. The summed E-state index contributed by atoms with van der Waals surface area (Å²) < 4.78 is 82.2. The Morgan fingerprint density at radius 2 is 1.19 bits per heavy atom. The Morgan fingerprint density at radius 3 is 1.44 bits per heavy atom. The topological polar surface area (TPSA) is 83.8 Å². The molecule has 2 N–H and O–H groups in total. The summed E-state index contributed by atoms with van der Waals surface area (Å²) in [6.07, 6.45) is -12.5. The third-order valence-corrected chi connectivity index (χ3v) is 6.30. The minimum atomic E-state index is -5.82. The molecule has 0 amide bonds. The molecule has 0 heterocycles. The maximum absolute atomic E-state index is 12.8. The van der Waals surface area contributed by atoms with Crippen LogP contribution in [0, 0.1) is 16.7 Å². The number of esters is 1. The van der Waals surface area contributed by atoms with Gasteiger partial charge in [-0.3, -0.25) is 9.59 Å². The second-order valence-electron chi connectivity index (χ2n) is 9.42. The minimum absolute atomic E-state index is 0.148. The summed E-state index contributed by atoms with van der Waals surface area (Å²) >= 11 is 0. The lowest BCUT2D eigenvalue weighted by atomic mass is 9.75. The lowest BCUT2D eigenvalue weighted by Gasteiger charge is -2.42. The van der Waals surface area contributed by atoms with Crippen molar-refractivity contribution in [1.29, 1.82) is 0 Å². The number of aliphatic carboxylic acids is 1. The van der Waals surface area contributed by atoms with Crippen LogP contribution in [0.25, 0.3) is 0 Å². The third kappa shape index (κ3) is 7.25. The molecule has 1 fully saturated rings. The number of carboxylic acid groups (broad SMARTS) is 1. The number of aliphatic hydroxyl groups is 1. The van der Waals surface area contributed by atoms with Crippen LogP contribution in [0.4, 0.5) is 26.3 Å². The van der Waals surface area contributed by atoms with Gasteiger partial charge in [0.25, 0.3) is 5.60 Å². The molecule has 0 aromatic rings. The number of carboxylic acids is 1. The maximum atomic E-state index is 12.8. The van der Waals surface area contributed by atoms with E-state index in [1.165, 1.54) is 0 Å². The smallest absolute Gasteiger partial charge is 0.426 e. The molecular weight excluding hydrogens is 446 g/mol. The van der Waals surface area contributed by atoms with Gasteiger partial charge in [-0.1, -0.05) is 13.8 Å². The SMILES string of the molecule is CCC(C)(C)C(=O)O.CCC(C)(C)C(=O)OC1CCC(C(O)(C(F)(F)F)C(F)(F)F)CC1. The Morgan fingerprint density at radius 1 is 0.812 bits per heavy atom. The molecular formula is C21H34F6O5. The monoisotopic (exact) mass is 480 g/mol. The average molecular weight is 480 g/mol. The molecule has 5 nitrogen and oxygen atoms in total. The van der Waals surface area contributed by atoms with E-state index in [0.717, 1.165) is 0 Å². The van der Waals surface area contributed by atoms with Gasteiger partial charge in [0.15, 0.2) is 0 Å². The summed E-state index contributed by atoms with van der Waals surface area (Å²) in [5.74, 6) is -3.26. The van der Waals surface area contributed by atoms with Gasteiger partial charge in [0, 0.05) is 5.92 Å². The highest BCUT2D eigenvalue weighted by molar-refractivity contribution is 5.76. The molecule has 1 rings (SSSR count). The van der Waals surface area contributed by atoms with Crippen LogP contribution in [0.2, 0.25) is 0 Å². The highest BCUT2D eigenvalue weighted by Gasteiger charge is 2.73. The molecule has 0 aromatic carbocycles. The van der Waals surface area contributed by atoms with Crippen molar-refractivity contribution in [2.75, 3.05) is 0 Å². The van der Waals surface area contributed by atoms with Crippen LogP contribution in [0.5, 0.6) is 0 Å². The molecule has 1 aliphatic carbocycles. The van der Waals surface area contributed by atoms with Crippen molar-refractivity contribution < 1.29 is 50.9 Å². The van der Waals surface area contributed by atoms with Crippen LogP contribution in [-0.4, -0.2) is 46.2 Å². The first-order valence-corrected chi connectivity index (χ1v) is 10.5. The molecule has 0 atom stereocenters. The van der Waals surface area contributed by atoms with Gasteiger partial charge in [0.05, 0.1) is 10.8 Å². The van der Waals surface area contributed by atoms with Gasteiger partial charge in [0.1, 0.15) is 6.10 Å². The van der Waals surface area contributed by atoms with E-state index in [1.807, 2.05) is 6.92 Å². The summed E-state index contributed by atoms with van der Waals surface area (Å²) in [6, 6.07) is 0. The zero-order valence-corrected chi connectivity index (χ0v) is 19.3. The minimum Gasteiger partial charge on any atom is -0.481 e. The molecule has 0 spiro atoms. The van der Waals surface area contributed by atoms with Crippen molar-refractivity contribution in [3.05, 3.63) is 0 Å². The van der Waals surface area contributed by atoms with E-state index in [2.05, 4.69) is 0 Å². The quantitative estimate of drug-likeness (QED) is 0.366. The molecule has 0 radical (unpaired) electrons. The van der Waals surface area contributed by atoms with E-state index in [0.29, 0.717) is 12.8 Å². The summed E-state index contributed by atoms with van der Waals surface area (Å²) in [7, 11) is 0. The summed E-state index contributed by atoms with van der Waals surface area (Å²) in [5.41, 5.74) is -6.05. The van der Waals surface area contributed by atoms with Crippen molar-refractivity contribution in [3.63, 3.8) is 0 Å². The van der Waals surface area contributed by atoms with Crippen LogP contribution in [0.15, 0.2) is 0 Å². The number of ether oxygens (including phenoxy) is 1. The van der Waals surface area contributed by atoms with E-state index in [-0.39, 0.29) is 12.8 Å². The molecule has 1 aliphatic rings. The number of hydrogen-bond acceptors (Lipinski definition) is 4. The van der Waals surface area contributed by atoms with Gasteiger partial charge in [-0.25, -0.2) is 0 Å². The average Bonchev–Trinajstić information content (AvgIpc) is 2.66.